The molecule has 1 aromatic carbocycles. The van der Waals surface area contributed by atoms with Gasteiger partial charge in [0.2, 0.25) is 0 Å². The van der Waals surface area contributed by atoms with Crippen LogP contribution in [0.3, 0.4) is 0 Å². The van der Waals surface area contributed by atoms with Crippen molar-refractivity contribution in [2.45, 2.75) is 38.8 Å². The lowest BCUT2D eigenvalue weighted by Crippen LogP contribution is -2.42. The molecular weight excluding hydrogens is 278 g/mol. The Labute approximate surface area is 131 Å². The maximum Gasteiger partial charge on any atom is 0.251 e. The van der Waals surface area contributed by atoms with Crippen molar-refractivity contribution in [3.05, 3.63) is 53.9 Å². The summed E-state index contributed by atoms with van der Waals surface area (Å²) in [5.41, 5.74) is 0.855. The average molecular weight is 301 g/mol. The van der Waals surface area contributed by atoms with E-state index in [1.165, 1.54) is 0 Å². The van der Waals surface area contributed by atoms with Crippen molar-refractivity contribution in [3.8, 4) is 0 Å². The van der Waals surface area contributed by atoms with Crippen LogP contribution < -0.4 is 5.32 Å². The predicted molar refractivity (Wildman–Crippen MR) is 85.6 cm³/mol. The summed E-state index contributed by atoms with van der Waals surface area (Å²) in [6, 6.07) is 9.31. The SMILES string of the molecule is CCC(O)(CC)CNC(=O)c1ccc(Cn2cccn2)cc1. The highest BCUT2D eigenvalue weighted by Crippen LogP contribution is 2.13. The van der Waals surface area contributed by atoms with Gasteiger partial charge in [0.1, 0.15) is 0 Å². The zero-order chi connectivity index (χ0) is 16.0. The summed E-state index contributed by atoms with van der Waals surface area (Å²) >= 11 is 0. The molecule has 1 aromatic heterocycles. The van der Waals surface area contributed by atoms with Crippen LogP contribution in [-0.4, -0.2) is 32.9 Å². The van der Waals surface area contributed by atoms with Gasteiger partial charge in [-0.05, 0) is 36.6 Å². The molecule has 0 aliphatic heterocycles. The molecule has 1 amide bonds. The molecule has 0 radical (unpaired) electrons. The van der Waals surface area contributed by atoms with E-state index < -0.39 is 5.60 Å². The van der Waals surface area contributed by atoms with Gasteiger partial charge in [0.05, 0.1) is 12.1 Å². The second-order valence-corrected chi connectivity index (χ2v) is 5.51. The molecule has 2 aromatic rings. The van der Waals surface area contributed by atoms with E-state index in [1.807, 2.05) is 42.9 Å². The molecule has 0 unspecified atom stereocenters. The smallest absolute Gasteiger partial charge is 0.251 e. The summed E-state index contributed by atoms with van der Waals surface area (Å²) in [6.45, 7) is 4.79. The summed E-state index contributed by atoms with van der Waals surface area (Å²) < 4.78 is 1.83. The van der Waals surface area contributed by atoms with Gasteiger partial charge in [-0.25, -0.2) is 0 Å². The predicted octanol–water partition coefficient (Wildman–Crippen LogP) is 2.21. The molecule has 0 spiro atoms. The first-order valence-electron chi connectivity index (χ1n) is 7.63. The summed E-state index contributed by atoms with van der Waals surface area (Å²) in [6.07, 6.45) is 4.88. The minimum Gasteiger partial charge on any atom is -0.388 e. The fraction of sp³-hybridized carbons (Fsp3) is 0.412. The molecule has 0 fully saturated rings. The number of carbonyl (C=O) groups is 1. The fourth-order valence-electron chi connectivity index (χ4n) is 2.19. The molecule has 2 N–H and O–H groups in total. The second kappa shape index (κ2) is 7.22. The van der Waals surface area contributed by atoms with Gasteiger partial charge in [0, 0.05) is 24.5 Å². The van der Waals surface area contributed by atoms with E-state index in [0.29, 0.717) is 24.9 Å². The zero-order valence-corrected chi connectivity index (χ0v) is 13.1. The molecule has 1 heterocycles. The summed E-state index contributed by atoms with van der Waals surface area (Å²) in [4.78, 5) is 12.1. The number of hydrogen-bond donors (Lipinski definition) is 2. The quantitative estimate of drug-likeness (QED) is 0.824. The van der Waals surface area contributed by atoms with Crippen molar-refractivity contribution in [3.63, 3.8) is 0 Å². The minimum absolute atomic E-state index is 0.161. The zero-order valence-electron chi connectivity index (χ0n) is 13.1. The summed E-state index contributed by atoms with van der Waals surface area (Å²) in [5.74, 6) is -0.161. The molecule has 0 atom stereocenters. The van der Waals surface area contributed by atoms with Gasteiger partial charge in [-0.15, -0.1) is 0 Å². The van der Waals surface area contributed by atoms with Crippen LogP contribution in [0.25, 0.3) is 0 Å². The molecule has 0 aliphatic rings. The summed E-state index contributed by atoms with van der Waals surface area (Å²) in [5, 5.41) is 17.1. The molecule has 0 bridgehead atoms. The largest absolute Gasteiger partial charge is 0.388 e. The lowest BCUT2D eigenvalue weighted by molar-refractivity contribution is 0.0314. The van der Waals surface area contributed by atoms with Gasteiger partial charge in [-0.2, -0.15) is 5.10 Å². The van der Waals surface area contributed by atoms with E-state index in [1.54, 1.807) is 18.3 Å². The number of carbonyl (C=O) groups excluding carboxylic acids is 1. The van der Waals surface area contributed by atoms with Crippen molar-refractivity contribution in [2.24, 2.45) is 0 Å². The van der Waals surface area contributed by atoms with E-state index >= 15 is 0 Å². The van der Waals surface area contributed by atoms with E-state index in [0.717, 1.165) is 5.56 Å². The topological polar surface area (TPSA) is 67.2 Å². The number of rotatable bonds is 7. The highest BCUT2D eigenvalue weighted by molar-refractivity contribution is 5.94. The lowest BCUT2D eigenvalue weighted by atomic mass is 9.97. The Morgan fingerprint density at radius 3 is 2.50 bits per heavy atom. The van der Waals surface area contributed by atoms with Gasteiger partial charge < -0.3 is 10.4 Å². The number of nitrogens with one attached hydrogen (secondary N) is 1. The van der Waals surface area contributed by atoms with Gasteiger partial charge in [-0.1, -0.05) is 26.0 Å². The van der Waals surface area contributed by atoms with Crippen molar-refractivity contribution >= 4 is 5.91 Å². The third-order valence-corrected chi connectivity index (χ3v) is 4.01. The van der Waals surface area contributed by atoms with Gasteiger partial charge in [0.15, 0.2) is 0 Å². The van der Waals surface area contributed by atoms with E-state index in [2.05, 4.69) is 10.4 Å². The van der Waals surface area contributed by atoms with Crippen molar-refractivity contribution in [2.75, 3.05) is 6.54 Å². The minimum atomic E-state index is -0.824. The average Bonchev–Trinajstić information content (AvgIpc) is 3.06. The van der Waals surface area contributed by atoms with Crippen LogP contribution in [0.4, 0.5) is 0 Å². The monoisotopic (exact) mass is 301 g/mol. The fourth-order valence-corrected chi connectivity index (χ4v) is 2.19. The number of nitrogens with zero attached hydrogens (tertiary/aromatic N) is 2. The third kappa shape index (κ3) is 4.18. The van der Waals surface area contributed by atoms with Gasteiger partial charge in [0.25, 0.3) is 5.91 Å². The first-order valence-corrected chi connectivity index (χ1v) is 7.63. The Kier molecular flexibility index (Phi) is 5.33. The third-order valence-electron chi connectivity index (χ3n) is 4.01. The second-order valence-electron chi connectivity index (χ2n) is 5.51. The van der Waals surface area contributed by atoms with Crippen LogP contribution in [0.5, 0.6) is 0 Å². The van der Waals surface area contributed by atoms with E-state index in [4.69, 9.17) is 0 Å². The molecule has 0 saturated heterocycles. The Morgan fingerprint density at radius 2 is 1.95 bits per heavy atom. The van der Waals surface area contributed by atoms with Crippen molar-refractivity contribution in [1.82, 2.24) is 15.1 Å². The number of aliphatic hydroxyl groups is 1. The Morgan fingerprint density at radius 1 is 1.27 bits per heavy atom. The summed E-state index contributed by atoms with van der Waals surface area (Å²) in [7, 11) is 0. The molecule has 2 rings (SSSR count). The molecule has 0 saturated carbocycles. The highest BCUT2D eigenvalue weighted by Gasteiger charge is 2.22. The Bertz CT molecular complexity index is 587. The maximum atomic E-state index is 12.1. The molecule has 22 heavy (non-hydrogen) atoms. The molecule has 5 heteroatoms. The molecular formula is C17H23N3O2. The number of amides is 1. The Balaban J connectivity index is 1.93. The number of benzene rings is 1. The first-order chi connectivity index (χ1) is 10.6. The van der Waals surface area contributed by atoms with E-state index in [9.17, 15) is 9.90 Å². The van der Waals surface area contributed by atoms with Crippen LogP contribution in [0.15, 0.2) is 42.7 Å². The van der Waals surface area contributed by atoms with Gasteiger partial charge >= 0.3 is 0 Å². The number of hydrogen-bond acceptors (Lipinski definition) is 3. The normalized spacial score (nSPS) is 11.4. The molecule has 0 aliphatic carbocycles. The van der Waals surface area contributed by atoms with Crippen LogP contribution in [-0.2, 0) is 6.54 Å². The highest BCUT2D eigenvalue weighted by atomic mass is 16.3. The maximum absolute atomic E-state index is 12.1. The van der Waals surface area contributed by atoms with Crippen LogP contribution in [0.2, 0.25) is 0 Å². The lowest BCUT2D eigenvalue weighted by Gasteiger charge is -2.25. The van der Waals surface area contributed by atoms with Gasteiger partial charge in [-0.3, -0.25) is 9.48 Å². The molecule has 5 nitrogen and oxygen atoms in total. The number of aromatic nitrogens is 2. The van der Waals surface area contributed by atoms with Crippen molar-refractivity contribution in [1.29, 1.82) is 0 Å². The first kappa shape index (κ1) is 16.2. The van der Waals surface area contributed by atoms with Crippen LogP contribution >= 0.6 is 0 Å². The Hall–Kier alpha value is -2.14. The standard InChI is InChI=1S/C17H23N3O2/c1-3-17(22,4-2)13-18-16(21)15-8-6-14(7-9-15)12-20-11-5-10-19-20/h5-11,22H,3-4,12-13H2,1-2H3,(H,18,21). The van der Waals surface area contributed by atoms with Crippen LogP contribution in [0.1, 0.15) is 42.6 Å². The van der Waals surface area contributed by atoms with E-state index in [-0.39, 0.29) is 12.5 Å². The van der Waals surface area contributed by atoms with Crippen LogP contribution in [0, 0.1) is 0 Å². The van der Waals surface area contributed by atoms with Crippen molar-refractivity contribution < 1.29 is 9.90 Å². The molecule has 118 valence electrons.